The Kier molecular flexibility index (Phi) is 4.78. The third-order valence-electron chi connectivity index (χ3n) is 4.12. The summed E-state index contributed by atoms with van der Waals surface area (Å²) in [6, 6.07) is 6.71. The van der Waals surface area contributed by atoms with E-state index in [2.05, 4.69) is 25.7 Å². The first-order valence-electron chi connectivity index (χ1n) is 7.28. The highest BCUT2D eigenvalue weighted by atomic mass is 19.1. The molecule has 2 rings (SSSR count). The Hall–Kier alpha value is -0.970. The van der Waals surface area contributed by atoms with Gasteiger partial charge in [-0.3, -0.25) is 4.90 Å². The Morgan fingerprint density at radius 2 is 1.80 bits per heavy atom. The standard InChI is InChI=1S/C16H25FN2O/c1-12-9-19(10-13(2)20-12)16(3,11-18)8-14-4-6-15(17)7-5-14/h4-7,12-13H,8-11,18H2,1-3H3. The average Bonchev–Trinajstić information content (AvgIpc) is 2.40. The molecule has 1 heterocycles. The first kappa shape index (κ1) is 15.4. The van der Waals surface area contributed by atoms with Crippen LogP contribution in [-0.2, 0) is 11.2 Å². The van der Waals surface area contributed by atoms with Gasteiger partial charge < -0.3 is 10.5 Å². The lowest BCUT2D eigenvalue weighted by Crippen LogP contribution is -2.60. The number of rotatable bonds is 4. The van der Waals surface area contributed by atoms with Gasteiger partial charge in [0.2, 0.25) is 0 Å². The minimum Gasteiger partial charge on any atom is -0.373 e. The summed E-state index contributed by atoms with van der Waals surface area (Å²) in [4.78, 5) is 2.41. The summed E-state index contributed by atoms with van der Waals surface area (Å²) in [7, 11) is 0. The number of halogens is 1. The predicted octanol–water partition coefficient (Wildman–Crippen LogP) is 2.19. The highest BCUT2D eigenvalue weighted by Gasteiger charge is 2.35. The summed E-state index contributed by atoms with van der Waals surface area (Å²) in [6.07, 6.45) is 1.26. The molecular weight excluding hydrogens is 255 g/mol. The van der Waals surface area contributed by atoms with Crippen LogP contribution in [0.15, 0.2) is 24.3 Å². The van der Waals surface area contributed by atoms with Crippen LogP contribution in [0.4, 0.5) is 4.39 Å². The van der Waals surface area contributed by atoms with Crippen molar-refractivity contribution in [3.05, 3.63) is 35.6 Å². The molecule has 112 valence electrons. The molecule has 0 saturated carbocycles. The molecule has 1 aliphatic rings. The molecule has 3 unspecified atom stereocenters. The van der Waals surface area contributed by atoms with Gasteiger partial charge in [-0.25, -0.2) is 4.39 Å². The van der Waals surface area contributed by atoms with Gasteiger partial charge in [0.05, 0.1) is 12.2 Å². The van der Waals surface area contributed by atoms with E-state index in [4.69, 9.17) is 10.5 Å². The van der Waals surface area contributed by atoms with Gasteiger partial charge in [-0.05, 0) is 44.9 Å². The fourth-order valence-electron chi connectivity index (χ4n) is 2.97. The van der Waals surface area contributed by atoms with E-state index in [1.807, 2.05) is 12.1 Å². The molecule has 4 heteroatoms. The van der Waals surface area contributed by atoms with Crippen molar-refractivity contribution in [1.82, 2.24) is 4.90 Å². The third-order valence-corrected chi connectivity index (χ3v) is 4.12. The van der Waals surface area contributed by atoms with Gasteiger partial charge in [0.1, 0.15) is 5.82 Å². The Bertz CT molecular complexity index is 427. The highest BCUT2D eigenvalue weighted by molar-refractivity contribution is 5.19. The Morgan fingerprint density at radius 3 is 2.30 bits per heavy atom. The van der Waals surface area contributed by atoms with Gasteiger partial charge in [0.15, 0.2) is 0 Å². The zero-order chi connectivity index (χ0) is 14.8. The maximum atomic E-state index is 13.0. The van der Waals surface area contributed by atoms with E-state index < -0.39 is 0 Å². The van der Waals surface area contributed by atoms with E-state index in [0.717, 1.165) is 25.1 Å². The summed E-state index contributed by atoms with van der Waals surface area (Å²) in [5.74, 6) is -0.197. The number of ether oxygens (including phenoxy) is 1. The first-order chi connectivity index (χ1) is 9.43. The Balaban J connectivity index is 2.13. The molecule has 0 radical (unpaired) electrons. The molecule has 1 aromatic carbocycles. The van der Waals surface area contributed by atoms with Crippen LogP contribution < -0.4 is 5.73 Å². The van der Waals surface area contributed by atoms with Crippen LogP contribution in [0.5, 0.6) is 0 Å². The van der Waals surface area contributed by atoms with Crippen molar-refractivity contribution >= 4 is 0 Å². The molecular formula is C16H25FN2O. The molecule has 1 aliphatic heterocycles. The van der Waals surface area contributed by atoms with Crippen molar-refractivity contribution in [3.8, 4) is 0 Å². The Labute approximate surface area is 120 Å². The largest absolute Gasteiger partial charge is 0.373 e. The van der Waals surface area contributed by atoms with E-state index in [0.29, 0.717) is 6.54 Å². The van der Waals surface area contributed by atoms with E-state index in [1.165, 1.54) is 12.1 Å². The molecule has 20 heavy (non-hydrogen) atoms. The lowest BCUT2D eigenvalue weighted by atomic mass is 9.89. The monoisotopic (exact) mass is 280 g/mol. The van der Waals surface area contributed by atoms with Gasteiger partial charge in [-0.15, -0.1) is 0 Å². The summed E-state index contributed by atoms with van der Waals surface area (Å²) in [6.45, 7) is 8.72. The molecule has 3 nitrogen and oxygen atoms in total. The molecule has 3 atom stereocenters. The third kappa shape index (κ3) is 3.57. The quantitative estimate of drug-likeness (QED) is 0.919. The first-order valence-corrected chi connectivity index (χ1v) is 7.28. The SMILES string of the molecule is CC1CN(C(C)(CN)Cc2ccc(F)cc2)CC(C)O1. The molecule has 1 fully saturated rings. The van der Waals surface area contributed by atoms with Crippen LogP contribution >= 0.6 is 0 Å². The molecule has 2 N–H and O–H groups in total. The van der Waals surface area contributed by atoms with Gasteiger partial charge in [-0.2, -0.15) is 0 Å². The van der Waals surface area contributed by atoms with Crippen LogP contribution in [0.1, 0.15) is 26.3 Å². The number of nitrogens with zero attached hydrogens (tertiary/aromatic N) is 1. The molecule has 1 aromatic rings. The lowest BCUT2D eigenvalue weighted by Gasteiger charge is -2.46. The van der Waals surface area contributed by atoms with Gasteiger partial charge in [0, 0.05) is 25.2 Å². The topological polar surface area (TPSA) is 38.5 Å². The predicted molar refractivity (Wildman–Crippen MR) is 79.1 cm³/mol. The van der Waals surface area contributed by atoms with Gasteiger partial charge in [0.25, 0.3) is 0 Å². The van der Waals surface area contributed by atoms with Crippen molar-refractivity contribution < 1.29 is 9.13 Å². The van der Waals surface area contributed by atoms with Crippen molar-refractivity contribution in [1.29, 1.82) is 0 Å². The fourth-order valence-corrected chi connectivity index (χ4v) is 2.97. The molecule has 0 aliphatic carbocycles. The van der Waals surface area contributed by atoms with E-state index in [-0.39, 0.29) is 23.6 Å². The maximum absolute atomic E-state index is 13.0. The van der Waals surface area contributed by atoms with E-state index in [1.54, 1.807) is 0 Å². The maximum Gasteiger partial charge on any atom is 0.123 e. The second-order valence-electron chi connectivity index (χ2n) is 6.17. The number of hydrogen-bond acceptors (Lipinski definition) is 3. The molecule has 0 amide bonds. The summed E-state index contributed by atoms with van der Waals surface area (Å²) >= 11 is 0. The van der Waals surface area contributed by atoms with E-state index >= 15 is 0 Å². The number of hydrogen-bond donors (Lipinski definition) is 1. The normalized spacial score (nSPS) is 27.2. The smallest absolute Gasteiger partial charge is 0.123 e. The van der Waals surface area contributed by atoms with E-state index in [9.17, 15) is 4.39 Å². The highest BCUT2D eigenvalue weighted by Crippen LogP contribution is 2.24. The minimum absolute atomic E-state index is 0.121. The molecule has 1 saturated heterocycles. The number of benzene rings is 1. The lowest BCUT2D eigenvalue weighted by molar-refractivity contribution is -0.0972. The van der Waals surface area contributed by atoms with Crippen molar-refractivity contribution in [2.24, 2.45) is 5.73 Å². The zero-order valence-corrected chi connectivity index (χ0v) is 12.6. The summed E-state index contributed by atoms with van der Waals surface area (Å²) in [5.41, 5.74) is 7.05. The molecule has 0 aromatic heterocycles. The van der Waals surface area contributed by atoms with Crippen LogP contribution in [-0.4, -0.2) is 42.3 Å². The second kappa shape index (κ2) is 6.20. The summed E-state index contributed by atoms with van der Waals surface area (Å²) < 4.78 is 18.8. The second-order valence-corrected chi connectivity index (χ2v) is 6.17. The average molecular weight is 280 g/mol. The molecule has 0 bridgehead atoms. The zero-order valence-electron chi connectivity index (χ0n) is 12.6. The van der Waals surface area contributed by atoms with Crippen molar-refractivity contribution in [3.63, 3.8) is 0 Å². The fraction of sp³-hybridized carbons (Fsp3) is 0.625. The summed E-state index contributed by atoms with van der Waals surface area (Å²) in [5, 5.41) is 0. The number of nitrogens with two attached hydrogens (primary N) is 1. The molecule has 0 spiro atoms. The van der Waals surface area contributed by atoms with Crippen molar-refractivity contribution in [2.45, 2.75) is 44.9 Å². The van der Waals surface area contributed by atoms with Crippen molar-refractivity contribution in [2.75, 3.05) is 19.6 Å². The van der Waals surface area contributed by atoms with Crippen LogP contribution in [0, 0.1) is 5.82 Å². The Morgan fingerprint density at radius 1 is 1.25 bits per heavy atom. The van der Waals surface area contributed by atoms with Gasteiger partial charge in [-0.1, -0.05) is 12.1 Å². The van der Waals surface area contributed by atoms with Crippen LogP contribution in [0.25, 0.3) is 0 Å². The van der Waals surface area contributed by atoms with Crippen LogP contribution in [0.3, 0.4) is 0 Å². The van der Waals surface area contributed by atoms with Gasteiger partial charge >= 0.3 is 0 Å². The van der Waals surface area contributed by atoms with Crippen LogP contribution in [0.2, 0.25) is 0 Å². The minimum atomic E-state index is -0.197. The number of morpholine rings is 1.